The van der Waals surface area contributed by atoms with E-state index >= 15 is 0 Å². The van der Waals surface area contributed by atoms with Gasteiger partial charge in [0.1, 0.15) is 6.61 Å². The Morgan fingerprint density at radius 1 is 1.00 bits per heavy atom. The second-order valence-corrected chi connectivity index (χ2v) is 4.83. The SMILES string of the molecule is O=C(CCc1cccc(S)c1)OCc1ccccc1. The van der Waals surface area contributed by atoms with Gasteiger partial charge >= 0.3 is 5.97 Å². The Labute approximate surface area is 118 Å². The average Bonchev–Trinajstić information content (AvgIpc) is 2.44. The summed E-state index contributed by atoms with van der Waals surface area (Å²) >= 11 is 4.27. The lowest BCUT2D eigenvalue weighted by atomic mass is 10.1. The molecular weight excluding hydrogens is 256 g/mol. The number of benzene rings is 2. The van der Waals surface area contributed by atoms with Crippen molar-refractivity contribution in [3.63, 3.8) is 0 Å². The van der Waals surface area contributed by atoms with Gasteiger partial charge in [-0.15, -0.1) is 12.6 Å². The van der Waals surface area contributed by atoms with Gasteiger partial charge in [0.2, 0.25) is 0 Å². The zero-order valence-corrected chi connectivity index (χ0v) is 11.5. The molecule has 2 aromatic carbocycles. The fourth-order valence-corrected chi connectivity index (χ4v) is 2.02. The highest BCUT2D eigenvalue weighted by Crippen LogP contribution is 2.11. The lowest BCUT2D eigenvalue weighted by molar-refractivity contribution is -0.144. The van der Waals surface area contributed by atoms with Crippen LogP contribution in [-0.4, -0.2) is 5.97 Å². The molecule has 0 heterocycles. The van der Waals surface area contributed by atoms with Crippen molar-refractivity contribution in [1.29, 1.82) is 0 Å². The van der Waals surface area contributed by atoms with Crippen LogP contribution in [-0.2, 0) is 22.6 Å². The van der Waals surface area contributed by atoms with Crippen molar-refractivity contribution < 1.29 is 9.53 Å². The van der Waals surface area contributed by atoms with Crippen molar-refractivity contribution in [2.45, 2.75) is 24.3 Å². The number of carbonyl (C=O) groups excluding carboxylic acids is 1. The average molecular weight is 272 g/mol. The highest BCUT2D eigenvalue weighted by Gasteiger charge is 2.04. The third kappa shape index (κ3) is 4.79. The van der Waals surface area contributed by atoms with Crippen LogP contribution in [0.3, 0.4) is 0 Å². The van der Waals surface area contributed by atoms with Gasteiger partial charge in [0.05, 0.1) is 0 Å². The molecule has 0 fully saturated rings. The van der Waals surface area contributed by atoms with Crippen LogP contribution in [0.5, 0.6) is 0 Å². The molecule has 0 aliphatic carbocycles. The smallest absolute Gasteiger partial charge is 0.306 e. The largest absolute Gasteiger partial charge is 0.461 e. The molecule has 0 saturated carbocycles. The Morgan fingerprint density at radius 2 is 1.74 bits per heavy atom. The molecule has 2 aromatic rings. The van der Waals surface area contributed by atoms with Gasteiger partial charge in [0, 0.05) is 11.3 Å². The van der Waals surface area contributed by atoms with E-state index in [4.69, 9.17) is 4.74 Å². The van der Waals surface area contributed by atoms with Gasteiger partial charge in [-0.3, -0.25) is 4.79 Å². The highest BCUT2D eigenvalue weighted by molar-refractivity contribution is 7.80. The Balaban J connectivity index is 1.76. The Morgan fingerprint density at radius 3 is 2.47 bits per heavy atom. The summed E-state index contributed by atoms with van der Waals surface area (Å²) < 4.78 is 5.22. The Hall–Kier alpha value is -1.74. The molecule has 0 spiro atoms. The van der Waals surface area contributed by atoms with E-state index in [0.29, 0.717) is 19.4 Å². The molecule has 2 rings (SSSR count). The highest BCUT2D eigenvalue weighted by atomic mass is 32.1. The maximum absolute atomic E-state index is 11.6. The van der Waals surface area contributed by atoms with Crippen LogP contribution in [0.25, 0.3) is 0 Å². The summed E-state index contributed by atoms with van der Waals surface area (Å²) in [5, 5.41) is 0. The number of hydrogen-bond donors (Lipinski definition) is 1. The number of aryl methyl sites for hydroxylation is 1. The molecule has 0 radical (unpaired) electrons. The molecule has 0 bridgehead atoms. The van der Waals surface area contributed by atoms with E-state index in [2.05, 4.69) is 12.6 Å². The number of hydrogen-bond acceptors (Lipinski definition) is 3. The lowest BCUT2D eigenvalue weighted by Crippen LogP contribution is -2.05. The first kappa shape index (κ1) is 13.7. The van der Waals surface area contributed by atoms with Crippen LogP contribution in [0.2, 0.25) is 0 Å². The molecule has 0 N–H and O–H groups in total. The summed E-state index contributed by atoms with van der Waals surface area (Å²) in [4.78, 5) is 12.5. The predicted molar refractivity (Wildman–Crippen MR) is 78.3 cm³/mol. The van der Waals surface area contributed by atoms with Crippen molar-refractivity contribution in [3.05, 3.63) is 65.7 Å². The van der Waals surface area contributed by atoms with Crippen LogP contribution in [0.15, 0.2) is 59.5 Å². The summed E-state index contributed by atoms with van der Waals surface area (Å²) in [6, 6.07) is 17.5. The van der Waals surface area contributed by atoms with E-state index in [9.17, 15) is 4.79 Å². The summed E-state index contributed by atoms with van der Waals surface area (Å²) in [6.45, 7) is 0.340. The Kier molecular flexibility index (Phi) is 5.04. The standard InChI is InChI=1S/C16H16O2S/c17-16(18-12-14-5-2-1-3-6-14)10-9-13-7-4-8-15(19)11-13/h1-8,11,19H,9-10,12H2. The van der Waals surface area contributed by atoms with Crippen molar-refractivity contribution in [1.82, 2.24) is 0 Å². The van der Waals surface area contributed by atoms with Crippen LogP contribution < -0.4 is 0 Å². The first-order valence-electron chi connectivity index (χ1n) is 6.21. The van der Waals surface area contributed by atoms with Crippen molar-refractivity contribution in [2.24, 2.45) is 0 Å². The van der Waals surface area contributed by atoms with E-state index in [0.717, 1.165) is 16.0 Å². The maximum atomic E-state index is 11.6. The molecule has 0 unspecified atom stereocenters. The second kappa shape index (κ2) is 7.00. The van der Waals surface area contributed by atoms with Crippen molar-refractivity contribution in [2.75, 3.05) is 0 Å². The molecule has 2 nitrogen and oxygen atoms in total. The van der Waals surface area contributed by atoms with Gasteiger partial charge in [0.25, 0.3) is 0 Å². The summed E-state index contributed by atoms with van der Waals surface area (Å²) in [7, 11) is 0. The zero-order chi connectivity index (χ0) is 13.5. The van der Waals surface area contributed by atoms with Gasteiger partial charge in [-0.2, -0.15) is 0 Å². The fraction of sp³-hybridized carbons (Fsp3) is 0.188. The van der Waals surface area contributed by atoms with E-state index < -0.39 is 0 Å². The fourth-order valence-electron chi connectivity index (χ4n) is 1.77. The minimum absolute atomic E-state index is 0.173. The van der Waals surface area contributed by atoms with E-state index in [1.807, 2.05) is 54.6 Å². The normalized spacial score (nSPS) is 10.2. The topological polar surface area (TPSA) is 26.3 Å². The monoisotopic (exact) mass is 272 g/mol. The van der Waals surface area contributed by atoms with Gasteiger partial charge in [-0.25, -0.2) is 0 Å². The van der Waals surface area contributed by atoms with E-state index in [-0.39, 0.29) is 5.97 Å². The molecule has 0 atom stereocenters. The molecule has 0 aromatic heterocycles. The number of ether oxygens (including phenoxy) is 1. The number of carbonyl (C=O) groups is 1. The molecule has 0 aliphatic rings. The van der Waals surface area contributed by atoms with E-state index in [1.165, 1.54) is 0 Å². The predicted octanol–water partition coefficient (Wildman–Crippen LogP) is 3.65. The molecule has 0 aliphatic heterocycles. The molecule has 3 heteroatoms. The van der Waals surface area contributed by atoms with Crippen LogP contribution in [0.4, 0.5) is 0 Å². The number of esters is 1. The van der Waals surface area contributed by atoms with Gasteiger partial charge < -0.3 is 4.74 Å². The quantitative estimate of drug-likeness (QED) is 0.664. The zero-order valence-electron chi connectivity index (χ0n) is 10.6. The maximum Gasteiger partial charge on any atom is 0.306 e. The number of rotatable bonds is 5. The van der Waals surface area contributed by atoms with Gasteiger partial charge in [0.15, 0.2) is 0 Å². The van der Waals surface area contributed by atoms with Gasteiger partial charge in [-0.1, -0.05) is 42.5 Å². The molecule has 0 amide bonds. The molecular formula is C16H16O2S. The second-order valence-electron chi connectivity index (χ2n) is 4.32. The summed E-state index contributed by atoms with van der Waals surface area (Å²) in [5.74, 6) is -0.173. The first-order chi connectivity index (χ1) is 9.24. The van der Waals surface area contributed by atoms with Crippen LogP contribution in [0.1, 0.15) is 17.5 Å². The molecule has 19 heavy (non-hydrogen) atoms. The Bertz CT molecular complexity index is 537. The first-order valence-corrected chi connectivity index (χ1v) is 6.66. The third-order valence-corrected chi connectivity index (χ3v) is 3.05. The summed E-state index contributed by atoms with van der Waals surface area (Å²) in [6.07, 6.45) is 1.08. The lowest BCUT2D eigenvalue weighted by Gasteiger charge is -2.05. The number of thiol groups is 1. The third-order valence-electron chi connectivity index (χ3n) is 2.77. The minimum atomic E-state index is -0.173. The van der Waals surface area contributed by atoms with E-state index in [1.54, 1.807) is 0 Å². The van der Waals surface area contributed by atoms with Crippen molar-refractivity contribution >= 4 is 18.6 Å². The van der Waals surface area contributed by atoms with Gasteiger partial charge in [-0.05, 0) is 29.7 Å². The summed E-state index contributed by atoms with van der Waals surface area (Å²) in [5.41, 5.74) is 2.11. The van der Waals surface area contributed by atoms with Crippen LogP contribution >= 0.6 is 12.6 Å². The molecule has 98 valence electrons. The minimum Gasteiger partial charge on any atom is -0.461 e. The van der Waals surface area contributed by atoms with Crippen molar-refractivity contribution in [3.8, 4) is 0 Å². The van der Waals surface area contributed by atoms with Crippen LogP contribution in [0, 0.1) is 0 Å². The molecule has 0 saturated heterocycles.